The van der Waals surface area contributed by atoms with Crippen LogP contribution in [0.1, 0.15) is 25.7 Å². The second-order valence-electron chi connectivity index (χ2n) is 5.12. The molecule has 2 saturated heterocycles. The van der Waals surface area contributed by atoms with Gasteiger partial charge >= 0.3 is 0 Å². The van der Waals surface area contributed by atoms with Gasteiger partial charge in [-0.05, 0) is 44.1 Å². The molecule has 0 spiro atoms. The molecule has 0 aromatic rings. The van der Waals surface area contributed by atoms with Gasteiger partial charge in [-0.25, -0.2) is 0 Å². The van der Waals surface area contributed by atoms with Crippen LogP contribution in [0.25, 0.3) is 0 Å². The minimum atomic E-state index is 0.840. The summed E-state index contributed by atoms with van der Waals surface area (Å²) in [6.45, 7) is 5.38. The average Bonchev–Trinajstić information content (AvgIpc) is 2.85. The molecular weight excluding hydrogens is 160 g/mol. The number of hydrogen-bond acceptors (Lipinski definition) is 2. The third-order valence-corrected chi connectivity index (χ3v) is 3.89. The molecule has 0 amide bonds. The first kappa shape index (κ1) is 8.25. The van der Waals surface area contributed by atoms with Crippen LogP contribution in [-0.2, 0) is 0 Å². The molecule has 3 aliphatic rings. The Labute approximate surface area is 80.7 Å². The van der Waals surface area contributed by atoms with Crippen LogP contribution in [0.4, 0.5) is 0 Å². The Kier molecular flexibility index (Phi) is 2.06. The maximum atomic E-state index is 3.66. The fourth-order valence-electron chi connectivity index (χ4n) is 2.95. The van der Waals surface area contributed by atoms with Crippen LogP contribution in [-0.4, -0.2) is 37.1 Å². The highest BCUT2D eigenvalue weighted by Gasteiger charge is 2.36. The molecule has 1 aliphatic carbocycles. The van der Waals surface area contributed by atoms with Crippen molar-refractivity contribution in [1.82, 2.24) is 10.2 Å². The predicted molar refractivity (Wildman–Crippen MR) is 53.7 cm³/mol. The van der Waals surface area contributed by atoms with E-state index in [0.29, 0.717) is 0 Å². The number of likely N-dealkylation sites (tertiary alicyclic amines) is 1. The lowest BCUT2D eigenvalue weighted by Gasteiger charge is -2.24. The number of hydrogen-bond donors (Lipinski definition) is 1. The molecule has 13 heavy (non-hydrogen) atoms. The summed E-state index contributed by atoms with van der Waals surface area (Å²) in [5, 5.41) is 3.66. The largest absolute Gasteiger partial charge is 0.312 e. The normalized spacial score (nSPS) is 40.6. The summed E-state index contributed by atoms with van der Waals surface area (Å²) >= 11 is 0. The van der Waals surface area contributed by atoms with E-state index in [2.05, 4.69) is 10.2 Å². The second kappa shape index (κ2) is 3.25. The van der Waals surface area contributed by atoms with Crippen molar-refractivity contribution in [3.8, 4) is 0 Å². The topological polar surface area (TPSA) is 15.3 Å². The summed E-state index contributed by atoms with van der Waals surface area (Å²) in [6.07, 6.45) is 5.87. The van der Waals surface area contributed by atoms with Gasteiger partial charge in [0.1, 0.15) is 0 Å². The Morgan fingerprint density at radius 1 is 1.15 bits per heavy atom. The standard InChI is InChI=1S/C11H20N2/c1-2-10-7-13(6-9-3-4-9)8-11(10)12-5-1/h9-12H,1-8H2/t10-,11+/m0/s1. The van der Waals surface area contributed by atoms with E-state index in [1.807, 2.05) is 0 Å². The summed E-state index contributed by atoms with van der Waals surface area (Å²) in [5.74, 6) is 2.05. The minimum Gasteiger partial charge on any atom is -0.312 e. The molecule has 0 unspecified atom stereocenters. The van der Waals surface area contributed by atoms with Gasteiger partial charge in [0.2, 0.25) is 0 Å². The van der Waals surface area contributed by atoms with Gasteiger partial charge in [0.25, 0.3) is 0 Å². The molecule has 2 nitrogen and oxygen atoms in total. The van der Waals surface area contributed by atoms with Crippen LogP contribution >= 0.6 is 0 Å². The second-order valence-corrected chi connectivity index (χ2v) is 5.12. The Balaban J connectivity index is 1.55. The summed E-state index contributed by atoms with van der Waals surface area (Å²) in [6, 6.07) is 0.840. The molecule has 74 valence electrons. The smallest absolute Gasteiger partial charge is 0.0235 e. The van der Waals surface area contributed by atoms with E-state index >= 15 is 0 Å². The van der Waals surface area contributed by atoms with Crippen molar-refractivity contribution in [3.63, 3.8) is 0 Å². The molecule has 3 fully saturated rings. The van der Waals surface area contributed by atoms with E-state index < -0.39 is 0 Å². The Bertz CT molecular complexity index is 175. The fraction of sp³-hybridized carbons (Fsp3) is 1.00. The quantitative estimate of drug-likeness (QED) is 0.684. The van der Waals surface area contributed by atoms with Crippen LogP contribution in [0.5, 0.6) is 0 Å². The number of fused-ring (bicyclic) bond motifs is 1. The van der Waals surface area contributed by atoms with E-state index in [4.69, 9.17) is 0 Å². The third-order valence-electron chi connectivity index (χ3n) is 3.89. The van der Waals surface area contributed by atoms with Gasteiger partial charge < -0.3 is 10.2 Å². The van der Waals surface area contributed by atoms with Crippen molar-refractivity contribution in [2.75, 3.05) is 26.2 Å². The summed E-state index contributed by atoms with van der Waals surface area (Å²) < 4.78 is 0. The van der Waals surface area contributed by atoms with Crippen molar-refractivity contribution in [1.29, 1.82) is 0 Å². The molecule has 3 rings (SSSR count). The molecule has 0 aromatic heterocycles. The first-order chi connectivity index (χ1) is 6.42. The molecule has 1 N–H and O–H groups in total. The molecule has 1 saturated carbocycles. The van der Waals surface area contributed by atoms with E-state index in [1.54, 1.807) is 0 Å². The van der Waals surface area contributed by atoms with Crippen molar-refractivity contribution < 1.29 is 0 Å². The van der Waals surface area contributed by atoms with Crippen LogP contribution in [0, 0.1) is 11.8 Å². The lowest BCUT2D eigenvalue weighted by Crippen LogP contribution is -2.40. The lowest BCUT2D eigenvalue weighted by molar-refractivity contribution is 0.308. The van der Waals surface area contributed by atoms with Gasteiger partial charge in [0.15, 0.2) is 0 Å². The molecule has 0 aromatic carbocycles. The SMILES string of the molecule is C1CN[C@@H]2CN(CC3CC3)C[C@@H]2C1. The van der Waals surface area contributed by atoms with Gasteiger partial charge in [0, 0.05) is 25.7 Å². The van der Waals surface area contributed by atoms with Crippen LogP contribution in [0.2, 0.25) is 0 Å². The highest BCUT2D eigenvalue weighted by Crippen LogP contribution is 2.33. The number of rotatable bonds is 2. The molecule has 2 atom stereocenters. The maximum Gasteiger partial charge on any atom is 0.0235 e. The first-order valence-corrected chi connectivity index (χ1v) is 5.87. The molecule has 2 heterocycles. The van der Waals surface area contributed by atoms with E-state index in [1.165, 1.54) is 51.9 Å². The summed E-state index contributed by atoms with van der Waals surface area (Å²) in [7, 11) is 0. The number of nitrogens with one attached hydrogen (secondary N) is 1. The van der Waals surface area contributed by atoms with Gasteiger partial charge in [-0.15, -0.1) is 0 Å². The molecule has 0 radical (unpaired) electrons. The summed E-state index contributed by atoms with van der Waals surface area (Å²) in [4.78, 5) is 2.70. The first-order valence-electron chi connectivity index (χ1n) is 5.87. The molecule has 0 bridgehead atoms. The maximum absolute atomic E-state index is 3.66. The van der Waals surface area contributed by atoms with Gasteiger partial charge in [-0.3, -0.25) is 0 Å². The lowest BCUT2D eigenvalue weighted by atomic mass is 9.94. The van der Waals surface area contributed by atoms with Gasteiger partial charge in [0.05, 0.1) is 0 Å². The number of piperidine rings is 1. The highest BCUT2D eigenvalue weighted by molar-refractivity contribution is 4.93. The van der Waals surface area contributed by atoms with Crippen molar-refractivity contribution >= 4 is 0 Å². The fourth-order valence-corrected chi connectivity index (χ4v) is 2.95. The Morgan fingerprint density at radius 2 is 2.08 bits per heavy atom. The van der Waals surface area contributed by atoms with E-state index in [9.17, 15) is 0 Å². The van der Waals surface area contributed by atoms with E-state index in [-0.39, 0.29) is 0 Å². The molecular formula is C11H20N2. The van der Waals surface area contributed by atoms with Crippen molar-refractivity contribution in [3.05, 3.63) is 0 Å². The van der Waals surface area contributed by atoms with Crippen molar-refractivity contribution in [2.45, 2.75) is 31.7 Å². The zero-order valence-electron chi connectivity index (χ0n) is 8.34. The zero-order valence-corrected chi connectivity index (χ0v) is 8.34. The van der Waals surface area contributed by atoms with Crippen molar-refractivity contribution in [2.24, 2.45) is 11.8 Å². The Hall–Kier alpha value is -0.0800. The zero-order chi connectivity index (χ0) is 8.67. The minimum absolute atomic E-state index is 0.840. The van der Waals surface area contributed by atoms with Gasteiger partial charge in [-0.1, -0.05) is 0 Å². The van der Waals surface area contributed by atoms with Gasteiger partial charge in [-0.2, -0.15) is 0 Å². The predicted octanol–water partition coefficient (Wildman–Crippen LogP) is 1.08. The van der Waals surface area contributed by atoms with Crippen LogP contribution in [0.15, 0.2) is 0 Å². The monoisotopic (exact) mass is 180 g/mol. The third kappa shape index (κ3) is 1.75. The van der Waals surface area contributed by atoms with Crippen LogP contribution in [0.3, 0.4) is 0 Å². The Morgan fingerprint density at radius 3 is 2.85 bits per heavy atom. The summed E-state index contributed by atoms with van der Waals surface area (Å²) in [5.41, 5.74) is 0. The number of nitrogens with zero attached hydrogens (tertiary/aromatic N) is 1. The average molecular weight is 180 g/mol. The van der Waals surface area contributed by atoms with Crippen LogP contribution < -0.4 is 5.32 Å². The molecule has 2 aliphatic heterocycles. The van der Waals surface area contributed by atoms with E-state index in [0.717, 1.165) is 17.9 Å². The molecule has 2 heteroatoms. The highest BCUT2D eigenvalue weighted by atomic mass is 15.2.